The van der Waals surface area contributed by atoms with Gasteiger partial charge in [-0.2, -0.15) is 0 Å². The number of alkyl halides is 1. The Morgan fingerprint density at radius 3 is 2.39 bits per heavy atom. The Hall–Kier alpha value is -1.29. The van der Waals surface area contributed by atoms with Gasteiger partial charge in [-0.15, -0.1) is 0 Å². The van der Waals surface area contributed by atoms with E-state index in [0.717, 1.165) is 18.4 Å². The number of benzene rings is 1. The van der Waals surface area contributed by atoms with Crippen LogP contribution >= 0.6 is 0 Å². The molecule has 100 valence electrons. The van der Waals surface area contributed by atoms with Gasteiger partial charge in [0.1, 0.15) is 6.17 Å². The molecule has 1 aliphatic carbocycles. The summed E-state index contributed by atoms with van der Waals surface area (Å²) >= 11 is 0. The molecule has 0 aliphatic heterocycles. The molecule has 0 bridgehead atoms. The van der Waals surface area contributed by atoms with Crippen LogP contribution in [0.2, 0.25) is 0 Å². The van der Waals surface area contributed by atoms with Crippen molar-refractivity contribution in [2.75, 3.05) is 20.8 Å². The third-order valence-electron chi connectivity index (χ3n) is 3.79. The molecule has 1 atom stereocenters. The van der Waals surface area contributed by atoms with E-state index in [4.69, 9.17) is 15.2 Å². The Bertz CT molecular complexity index is 442. The lowest BCUT2D eigenvalue weighted by molar-refractivity contribution is 0.323. The summed E-state index contributed by atoms with van der Waals surface area (Å²) in [5.41, 5.74) is 7.43. The van der Waals surface area contributed by atoms with Crippen LogP contribution in [0.1, 0.15) is 37.1 Å². The average Bonchev–Trinajstić information content (AvgIpc) is 3.17. The second-order valence-electron chi connectivity index (χ2n) is 4.90. The first-order chi connectivity index (χ1) is 8.57. The highest BCUT2D eigenvalue weighted by Crippen LogP contribution is 2.50. The molecular weight excluding hydrogens is 233 g/mol. The highest BCUT2D eigenvalue weighted by molar-refractivity contribution is 5.53. The zero-order valence-electron chi connectivity index (χ0n) is 11.1. The van der Waals surface area contributed by atoms with Crippen molar-refractivity contribution in [1.82, 2.24) is 0 Å². The van der Waals surface area contributed by atoms with Gasteiger partial charge in [0.15, 0.2) is 11.5 Å². The number of hydrogen-bond acceptors (Lipinski definition) is 3. The Balaban J connectivity index is 2.54. The van der Waals surface area contributed by atoms with E-state index in [0.29, 0.717) is 23.6 Å². The summed E-state index contributed by atoms with van der Waals surface area (Å²) in [6.45, 7) is 2.09. The van der Waals surface area contributed by atoms with E-state index < -0.39 is 6.17 Å². The van der Waals surface area contributed by atoms with Crippen LogP contribution in [0.3, 0.4) is 0 Å². The van der Waals surface area contributed by atoms with Crippen LogP contribution in [0, 0.1) is 0 Å². The Morgan fingerprint density at radius 2 is 2.00 bits per heavy atom. The van der Waals surface area contributed by atoms with Crippen molar-refractivity contribution in [3.05, 3.63) is 23.3 Å². The summed E-state index contributed by atoms with van der Waals surface area (Å²) in [4.78, 5) is 0. The summed E-state index contributed by atoms with van der Waals surface area (Å²) in [5, 5.41) is 0. The Labute approximate surface area is 107 Å². The molecule has 1 aromatic rings. The lowest BCUT2D eigenvalue weighted by Gasteiger charge is -2.20. The fraction of sp³-hybridized carbons (Fsp3) is 0.571. The van der Waals surface area contributed by atoms with E-state index in [1.165, 1.54) is 14.0 Å². The number of halogens is 1. The molecule has 4 heteroatoms. The first kappa shape index (κ1) is 13.1. The van der Waals surface area contributed by atoms with Gasteiger partial charge in [0.2, 0.25) is 0 Å². The smallest absolute Gasteiger partial charge is 0.166 e. The predicted octanol–water partition coefficient (Wildman–Crippen LogP) is 2.72. The van der Waals surface area contributed by atoms with Gasteiger partial charge in [-0.05, 0) is 37.5 Å². The lowest BCUT2D eigenvalue weighted by atomic mass is 9.92. The monoisotopic (exact) mass is 253 g/mol. The predicted molar refractivity (Wildman–Crippen MR) is 69.0 cm³/mol. The molecule has 0 saturated heterocycles. The third-order valence-corrected chi connectivity index (χ3v) is 3.79. The van der Waals surface area contributed by atoms with E-state index in [1.807, 2.05) is 12.1 Å². The van der Waals surface area contributed by atoms with Crippen LogP contribution in [0.5, 0.6) is 11.5 Å². The molecular formula is C14H20FNO2. The third kappa shape index (κ3) is 2.05. The second kappa shape index (κ2) is 4.76. The van der Waals surface area contributed by atoms with Crippen LogP contribution in [0.25, 0.3) is 0 Å². The molecule has 18 heavy (non-hydrogen) atoms. The minimum Gasteiger partial charge on any atom is -0.493 e. The van der Waals surface area contributed by atoms with Gasteiger partial charge in [0.25, 0.3) is 0 Å². The van der Waals surface area contributed by atoms with Gasteiger partial charge in [0.05, 0.1) is 14.2 Å². The minimum absolute atomic E-state index is 0.0171. The van der Waals surface area contributed by atoms with Crippen molar-refractivity contribution in [2.45, 2.75) is 31.4 Å². The fourth-order valence-electron chi connectivity index (χ4n) is 2.36. The largest absolute Gasteiger partial charge is 0.493 e. The number of nitrogens with two attached hydrogens (primary N) is 1. The van der Waals surface area contributed by atoms with E-state index in [2.05, 4.69) is 0 Å². The van der Waals surface area contributed by atoms with Gasteiger partial charge < -0.3 is 15.2 Å². The van der Waals surface area contributed by atoms with Gasteiger partial charge in [-0.1, -0.05) is 0 Å². The minimum atomic E-state index is -1.10. The van der Waals surface area contributed by atoms with Crippen molar-refractivity contribution in [2.24, 2.45) is 5.73 Å². The van der Waals surface area contributed by atoms with Crippen molar-refractivity contribution < 1.29 is 13.9 Å². The van der Waals surface area contributed by atoms with Gasteiger partial charge >= 0.3 is 0 Å². The van der Waals surface area contributed by atoms with E-state index in [-0.39, 0.29) is 5.41 Å². The van der Waals surface area contributed by atoms with Crippen molar-refractivity contribution in [3.8, 4) is 11.5 Å². The second-order valence-corrected chi connectivity index (χ2v) is 4.90. The van der Waals surface area contributed by atoms with E-state index >= 15 is 0 Å². The average molecular weight is 253 g/mol. The van der Waals surface area contributed by atoms with Crippen molar-refractivity contribution in [3.63, 3.8) is 0 Å². The quantitative estimate of drug-likeness (QED) is 0.877. The Morgan fingerprint density at radius 1 is 1.33 bits per heavy atom. The maximum absolute atomic E-state index is 13.7. The SMILES string of the molecule is COc1cc(C2(CN)CC2)cc(C(C)F)c1OC. The van der Waals surface area contributed by atoms with Crippen molar-refractivity contribution in [1.29, 1.82) is 0 Å². The van der Waals surface area contributed by atoms with E-state index in [9.17, 15) is 4.39 Å². The summed E-state index contributed by atoms with van der Waals surface area (Å²) < 4.78 is 24.3. The lowest BCUT2D eigenvalue weighted by Crippen LogP contribution is -2.20. The van der Waals surface area contributed by atoms with Crippen molar-refractivity contribution >= 4 is 0 Å². The summed E-state index contributed by atoms with van der Waals surface area (Å²) in [7, 11) is 3.09. The molecule has 2 N–H and O–H groups in total. The zero-order valence-corrected chi connectivity index (χ0v) is 11.1. The summed E-state index contributed by atoms with van der Waals surface area (Å²) in [6, 6.07) is 3.79. The fourth-order valence-corrected chi connectivity index (χ4v) is 2.36. The number of hydrogen-bond donors (Lipinski definition) is 1. The van der Waals surface area contributed by atoms with Crippen LogP contribution in [0.4, 0.5) is 4.39 Å². The highest BCUT2D eigenvalue weighted by atomic mass is 19.1. The zero-order chi connectivity index (χ0) is 13.3. The standard InChI is InChI=1S/C14H20FNO2/c1-9(15)11-6-10(14(8-16)4-5-14)7-12(17-2)13(11)18-3/h6-7,9H,4-5,8,16H2,1-3H3. The molecule has 1 unspecified atom stereocenters. The normalized spacial score (nSPS) is 18.3. The highest BCUT2D eigenvalue weighted by Gasteiger charge is 2.43. The molecule has 2 rings (SSSR count). The molecule has 0 aromatic heterocycles. The molecule has 0 amide bonds. The summed E-state index contributed by atoms with van der Waals surface area (Å²) in [6.07, 6.45) is 1.01. The van der Waals surface area contributed by atoms with Crippen LogP contribution in [-0.2, 0) is 5.41 Å². The molecule has 0 spiro atoms. The van der Waals surface area contributed by atoms with Gasteiger partial charge in [-0.3, -0.25) is 0 Å². The number of methoxy groups -OCH3 is 2. The number of rotatable bonds is 5. The van der Waals surface area contributed by atoms with Crippen LogP contribution in [-0.4, -0.2) is 20.8 Å². The van der Waals surface area contributed by atoms with Gasteiger partial charge in [0, 0.05) is 17.5 Å². The van der Waals surface area contributed by atoms with Crippen LogP contribution in [0.15, 0.2) is 12.1 Å². The maximum atomic E-state index is 13.7. The molecule has 0 heterocycles. The summed E-state index contributed by atoms with van der Waals surface area (Å²) in [5.74, 6) is 1.05. The van der Waals surface area contributed by atoms with Gasteiger partial charge in [-0.25, -0.2) is 4.39 Å². The molecule has 1 aromatic carbocycles. The number of ether oxygens (including phenoxy) is 2. The molecule has 1 aliphatic rings. The van der Waals surface area contributed by atoms with E-state index in [1.54, 1.807) is 7.11 Å². The molecule has 1 fully saturated rings. The molecule has 1 saturated carbocycles. The molecule has 0 radical (unpaired) electrons. The first-order valence-electron chi connectivity index (χ1n) is 6.18. The maximum Gasteiger partial charge on any atom is 0.166 e. The molecule has 3 nitrogen and oxygen atoms in total. The van der Waals surface area contributed by atoms with Crippen LogP contribution < -0.4 is 15.2 Å². The topological polar surface area (TPSA) is 44.5 Å². The first-order valence-corrected chi connectivity index (χ1v) is 6.18. The Kier molecular flexibility index (Phi) is 3.48.